The van der Waals surface area contributed by atoms with E-state index < -0.39 is 0 Å². The molecule has 0 bridgehead atoms. The molecule has 8 aromatic rings. The topological polar surface area (TPSA) is 3.24 Å². The van der Waals surface area contributed by atoms with Gasteiger partial charge in [0.1, 0.15) is 0 Å². The van der Waals surface area contributed by atoms with E-state index in [1.807, 2.05) is 0 Å². The third-order valence-corrected chi connectivity index (χ3v) is 9.11. The van der Waals surface area contributed by atoms with Crippen molar-refractivity contribution in [1.82, 2.24) is 0 Å². The van der Waals surface area contributed by atoms with E-state index in [9.17, 15) is 0 Å². The first-order valence-electron chi connectivity index (χ1n) is 16.8. The van der Waals surface area contributed by atoms with Crippen molar-refractivity contribution in [3.05, 3.63) is 212 Å². The second-order valence-corrected chi connectivity index (χ2v) is 12.2. The zero-order chi connectivity index (χ0) is 32.8. The summed E-state index contributed by atoms with van der Waals surface area (Å²) in [5, 5.41) is 0. The third-order valence-electron chi connectivity index (χ3n) is 9.11. The molecule has 0 aromatic heterocycles. The van der Waals surface area contributed by atoms with Crippen molar-refractivity contribution in [2.45, 2.75) is 0 Å². The van der Waals surface area contributed by atoms with Crippen LogP contribution < -0.4 is 4.90 Å². The molecule has 8 rings (SSSR count). The summed E-state index contributed by atoms with van der Waals surface area (Å²) in [6, 6.07) is 75.9. The van der Waals surface area contributed by atoms with Crippen LogP contribution in [0.15, 0.2) is 212 Å². The van der Waals surface area contributed by atoms with Gasteiger partial charge in [-0.1, -0.05) is 170 Å². The van der Waals surface area contributed by atoms with Crippen molar-refractivity contribution in [1.29, 1.82) is 0 Å². The number of nitrogens with zero attached hydrogens (tertiary/aromatic N) is 1. The summed E-state index contributed by atoms with van der Waals surface area (Å²) in [5.41, 5.74) is 15.4. The zero-order valence-electron chi connectivity index (χ0n) is 27.2. The average molecular weight is 626 g/mol. The van der Waals surface area contributed by atoms with Crippen molar-refractivity contribution < 1.29 is 0 Å². The summed E-state index contributed by atoms with van der Waals surface area (Å²) >= 11 is 0. The van der Waals surface area contributed by atoms with Crippen molar-refractivity contribution in [3.8, 4) is 55.6 Å². The van der Waals surface area contributed by atoms with Crippen LogP contribution in [-0.4, -0.2) is 0 Å². The van der Waals surface area contributed by atoms with Crippen LogP contribution in [0.25, 0.3) is 55.6 Å². The van der Waals surface area contributed by atoms with Crippen molar-refractivity contribution in [3.63, 3.8) is 0 Å². The van der Waals surface area contributed by atoms with E-state index in [0.29, 0.717) is 0 Å². The summed E-state index contributed by atoms with van der Waals surface area (Å²) in [6.45, 7) is 0. The van der Waals surface area contributed by atoms with Gasteiger partial charge in [0.2, 0.25) is 0 Å². The second kappa shape index (κ2) is 13.7. The second-order valence-electron chi connectivity index (χ2n) is 12.2. The number of anilines is 3. The highest BCUT2D eigenvalue weighted by Gasteiger charge is 2.14. The lowest BCUT2D eigenvalue weighted by Gasteiger charge is -2.26. The molecule has 0 unspecified atom stereocenters. The number of rotatable bonds is 8. The molecule has 8 aromatic carbocycles. The largest absolute Gasteiger partial charge is 0.311 e. The number of benzene rings is 8. The SMILES string of the molecule is c1ccc(-c2ccc(-c3cccc(-c4ccc(N(c5ccc(-c6ccccc6)cc5)c5ccc(-c6ccccc6)cc5)cc4)c3)cc2)cc1. The van der Waals surface area contributed by atoms with Crippen LogP contribution in [0.2, 0.25) is 0 Å². The monoisotopic (exact) mass is 625 g/mol. The Kier molecular flexibility index (Phi) is 8.39. The van der Waals surface area contributed by atoms with E-state index in [0.717, 1.165) is 17.1 Å². The Bertz CT molecular complexity index is 2170. The van der Waals surface area contributed by atoms with Crippen LogP contribution in [0.3, 0.4) is 0 Å². The zero-order valence-corrected chi connectivity index (χ0v) is 27.2. The number of hydrogen-bond acceptors (Lipinski definition) is 1. The maximum absolute atomic E-state index is 2.33. The molecule has 0 atom stereocenters. The summed E-state index contributed by atoms with van der Waals surface area (Å²) in [6.07, 6.45) is 0. The fourth-order valence-electron chi connectivity index (χ4n) is 6.48. The van der Waals surface area contributed by atoms with Gasteiger partial charge in [0.25, 0.3) is 0 Å². The molecule has 49 heavy (non-hydrogen) atoms. The van der Waals surface area contributed by atoms with Gasteiger partial charge in [-0.05, 0) is 98.1 Å². The van der Waals surface area contributed by atoms with Crippen LogP contribution in [0.5, 0.6) is 0 Å². The van der Waals surface area contributed by atoms with Gasteiger partial charge in [0.15, 0.2) is 0 Å². The van der Waals surface area contributed by atoms with E-state index in [-0.39, 0.29) is 0 Å². The van der Waals surface area contributed by atoms with Crippen LogP contribution >= 0.6 is 0 Å². The molecule has 0 fully saturated rings. The first kappa shape index (κ1) is 29.9. The highest BCUT2D eigenvalue weighted by atomic mass is 15.1. The average Bonchev–Trinajstić information content (AvgIpc) is 3.20. The van der Waals surface area contributed by atoms with E-state index >= 15 is 0 Å². The molecule has 0 aliphatic rings. The Balaban J connectivity index is 1.10. The van der Waals surface area contributed by atoms with Crippen LogP contribution in [0.1, 0.15) is 0 Å². The quantitative estimate of drug-likeness (QED) is 0.162. The molecule has 0 saturated carbocycles. The molecule has 0 spiro atoms. The van der Waals surface area contributed by atoms with E-state index in [2.05, 4.69) is 217 Å². The van der Waals surface area contributed by atoms with E-state index in [1.165, 1.54) is 55.6 Å². The molecule has 1 nitrogen and oxygen atoms in total. The van der Waals surface area contributed by atoms with Crippen molar-refractivity contribution in [2.24, 2.45) is 0 Å². The highest BCUT2D eigenvalue weighted by molar-refractivity contribution is 5.82. The van der Waals surface area contributed by atoms with Gasteiger partial charge in [-0.25, -0.2) is 0 Å². The maximum Gasteiger partial charge on any atom is 0.0462 e. The minimum atomic E-state index is 1.11. The van der Waals surface area contributed by atoms with Gasteiger partial charge in [-0.15, -0.1) is 0 Å². The van der Waals surface area contributed by atoms with Crippen LogP contribution in [0, 0.1) is 0 Å². The fraction of sp³-hybridized carbons (Fsp3) is 0. The van der Waals surface area contributed by atoms with Gasteiger partial charge < -0.3 is 4.90 Å². The molecule has 0 radical (unpaired) electrons. The molecule has 0 amide bonds. The van der Waals surface area contributed by atoms with Gasteiger partial charge in [0, 0.05) is 17.1 Å². The molecule has 0 N–H and O–H groups in total. The third kappa shape index (κ3) is 6.56. The Morgan fingerprint density at radius 1 is 0.184 bits per heavy atom. The van der Waals surface area contributed by atoms with Crippen molar-refractivity contribution >= 4 is 17.1 Å². The Hall–Kier alpha value is -6.44. The smallest absolute Gasteiger partial charge is 0.0462 e. The summed E-state index contributed by atoms with van der Waals surface area (Å²) in [7, 11) is 0. The first-order valence-corrected chi connectivity index (χ1v) is 16.8. The maximum atomic E-state index is 2.33. The summed E-state index contributed by atoms with van der Waals surface area (Å²) < 4.78 is 0. The van der Waals surface area contributed by atoms with Crippen molar-refractivity contribution in [2.75, 3.05) is 4.90 Å². The minimum absolute atomic E-state index is 1.11. The Morgan fingerprint density at radius 2 is 0.408 bits per heavy atom. The lowest BCUT2D eigenvalue weighted by molar-refractivity contribution is 1.28. The first-order chi connectivity index (χ1) is 24.3. The van der Waals surface area contributed by atoms with Crippen LogP contribution in [0.4, 0.5) is 17.1 Å². The number of hydrogen-bond donors (Lipinski definition) is 0. The highest BCUT2D eigenvalue weighted by Crippen LogP contribution is 2.38. The molecule has 232 valence electrons. The van der Waals surface area contributed by atoms with Gasteiger partial charge in [-0.2, -0.15) is 0 Å². The van der Waals surface area contributed by atoms with Crippen LogP contribution in [-0.2, 0) is 0 Å². The molecular weight excluding hydrogens is 591 g/mol. The lowest BCUT2D eigenvalue weighted by atomic mass is 9.97. The summed E-state index contributed by atoms with van der Waals surface area (Å²) in [5.74, 6) is 0. The standard InChI is InChI=1S/C48H35N/c1-4-11-36(12-5-1)39-19-21-42(22-20-39)44-17-10-18-45(35-44)43-27-33-48(34-28-43)49(46-29-23-40(24-30-46)37-13-6-2-7-14-37)47-31-25-41(26-32-47)38-15-8-3-9-16-38/h1-35H. The summed E-state index contributed by atoms with van der Waals surface area (Å²) in [4.78, 5) is 2.33. The van der Waals surface area contributed by atoms with Gasteiger partial charge in [-0.3, -0.25) is 0 Å². The van der Waals surface area contributed by atoms with E-state index in [1.54, 1.807) is 0 Å². The molecular formula is C48H35N. The Labute approximate surface area is 289 Å². The van der Waals surface area contributed by atoms with E-state index in [4.69, 9.17) is 0 Å². The molecule has 1 heteroatoms. The lowest BCUT2D eigenvalue weighted by Crippen LogP contribution is -2.09. The minimum Gasteiger partial charge on any atom is -0.311 e. The molecule has 0 saturated heterocycles. The van der Waals surface area contributed by atoms with Gasteiger partial charge in [0.05, 0.1) is 0 Å². The molecule has 0 heterocycles. The predicted molar refractivity (Wildman–Crippen MR) is 208 cm³/mol. The molecule has 0 aliphatic carbocycles. The fourth-order valence-corrected chi connectivity index (χ4v) is 6.48. The predicted octanol–water partition coefficient (Wildman–Crippen LogP) is 13.5. The molecule has 0 aliphatic heterocycles. The Morgan fingerprint density at radius 3 is 0.714 bits per heavy atom. The normalized spacial score (nSPS) is 10.9. The van der Waals surface area contributed by atoms with Gasteiger partial charge >= 0.3 is 0 Å².